The molecule has 3 rings (SSSR count). The second kappa shape index (κ2) is 6.27. The molecule has 0 radical (unpaired) electrons. The first-order valence-corrected chi connectivity index (χ1v) is 8.86. The number of fused-ring (bicyclic) bond motifs is 1. The van der Waals surface area contributed by atoms with Crippen molar-refractivity contribution in [1.29, 1.82) is 0 Å². The van der Waals surface area contributed by atoms with Gasteiger partial charge in [-0.05, 0) is 80.8 Å². The maximum absolute atomic E-state index is 5.68. The van der Waals surface area contributed by atoms with Crippen LogP contribution < -0.4 is 5.73 Å². The van der Waals surface area contributed by atoms with E-state index in [-0.39, 0.29) is 0 Å². The minimum absolute atomic E-state index is 0.772. The van der Waals surface area contributed by atoms with E-state index in [2.05, 4.69) is 49.3 Å². The van der Waals surface area contributed by atoms with E-state index in [9.17, 15) is 0 Å². The zero-order valence-electron chi connectivity index (χ0n) is 13.6. The Hall–Kier alpha value is -1.58. The number of aromatic nitrogens is 1. The van der Waals surface area contributed by atoms with Crippen LogP contribution in [0.5, 0.6) is 0 Å². The molecule has 2 aromatic heterocycles. The molecule has 116 valence electrons. The average Bonchev–Trinajstić information content (AvgIpc) is 3.03. The molecule has 22 heavy (non-hydrogen) atoms. The van der Waals surface area contributed by atoms with E-state index in [1.165, 1.54) is 43.7 Å². The van der Waals surface area contributed by atoms with Crippen LogP contribution in [0.25, 0.3) is 21.5 Å². The zero-order chi connectivity index (χ0) is 15.7. The third kappa shape index (κ3) is 2.71. The molecule has 2 heterocycles. The monoisotopic (exact) mass is 312 g/mol. The van der Waals surface area contributed by atoms with Crippen LogP contribution in [-0.4, -0.2) is 11.5 Å². The topological polar surface area (TPSA) is 41.8 Å². The van der Waals surface area contributed by atoms with Gasteiger partial charge in [-0.25, -0.2) is 0 Å². The summed E-state index contributed by atoms with van der Waals surface area (Å²) in [7, 11) is 0. The average molecular weight is 312 g/mol. The van der Waals surface area contributed by atoms with E-state index in [0.29, 0.717) is 0 Å². The van der Waals surface area contributed by atoms with E-state index in [1.807, 2.05) is 11.3 Å². The number of thiophene rings is 1. The van der Waals surface area contributed by atoms with Gasteiger partial charge in [0.25, 0.3) is 0 Å². The number of H-pyrrole nitrogens is 1. The lowest BCUT2D eigenvalue weighted by atomic mass is 10.00. The van der Waals surface area contributed by atoms with E-state index >= 15 is 0 Å². The third-order valence-electron chi connectivity index (χ3n) is 4.33. The normalized spacial score (nSPS) is 11.5. The first-order valence-electron chi connectivity index (χ1n) is 7.98. The van der Waals surface area contributed by atoms with Gasteiger partial charge in [0.15, 0.2) is 0 Å². The number of hydrogen-bond acceptors (Lipinski definition) is 2. The fourth-order valence-electron chi connectivity index (χ4n) is 3.24. The lowest BCUT2D eigenvalue weighted by Crippen LogP contribution is -1.99. The molecule has 0 aliphatic carbocycles. The van der Waals surface area contributed by atoms with Gasteiger partial charge in [0.05, 0.1) is 10.6 Å². The second-order valence-corrected chi connectivity index (χ2v) is 7.08. The summed E-state index contributed by atoms with van der Waals surface area (Å²) in [5.41, 5.74) is 13.8. The zero-order valence-corrected chi connectivity index (χ0v) is 14.4. The Kier molecular flexibility index (Phi) is 4.37. The van der Waals surface area contributed by atoms with E-state index in [1.54, 1.807) is 0 Å². The molecule has 0 saturated heterocycles. The van der Waals surface area contributed by atoms with Gasteiger partial charge in [-0.15, -0.1) is 11.3 Å². The third-order valence-corrected chi connectivity index (χ3v) is 5.36. The van der Waals surface area contributed by atoms with Gasteiger partial charge in [0, 0.05) is 10.9 Å². The molecule has 0 unspecified atom stereocenters. The number of hydrogen-bond donors (Lipinski definition) is 2. The Morgan fingerprint density at radius 2 is 1.91 bits per heavy atom. The fraction of sp³-hybridized carbons (Fsp3) is 0.368. The summed E-state index contributed by atoms with van der Waals surface area (Å²) in [6.45, 7) is 7.34. The standard InChI is InChI=1S/C19H24N2S/c1-12-10-14(3)17-16(11-12)15(6-4-5-8-20)18(21-17)19-13(2)7-9-22-19/h7,9-11,21H,4-6,8,20H2,1-3H3. The molecule has 2 nitrogen and oxygen atoms in total. The van der Waals surface area contributed by atoms with Crippen LogP contribution in [-0.2, 0) is 6.42 Å². The van der Waals surface area contributed by atoms with Crippen LogP contribution in [0.15, 0.2) is 23.6 Å². The van der Waals surface area contributed by atoms with Crippen LogP contribution >= 0.6 is 11.3 Å². The quantitative estimate of drug-likeness (QED) is 0.632. The Balaban J connectivity index is 2.19. The Morgan fingerprint density at radius 1 is 1.09 bits per heavy atom. The number of aryl methyl sites for hydroxylation is 4. The van der Waals surface area contributed by atoms with Crippen molar-refractivity contribution in [3.05, 3.63) is 45.8 Å². The van der Waals surface area contributed by atoms with Crippen molar-refractivity contribution in [3.63, 3.8) is 0 Å². The molecule has 0 aliphatic heterocycles. The Bertz CT molecular complexity index is 795. The molecule has 1 aromatic carbocycles. The molecule has 3 aromatic rings. The summed E-state index contributed by atoms with van der Waals surface area (Å²) < 4.78 is 0. The first-order chi connectivity index (χ1) is 10.6. The Morgan fingerprint density at radius 3 is 2.59 bits per heavy atom. The number of aromatic amines is 1. The van der Waals surface area contributed by atoms with Crippen LogP contribution in [0, 0.1) is 20.8 Å². The van der Waals surface area contributed by atoms with Crippen LogP contribution in [0.3, 0.4) is 0 Å². The van der Waals surface area contributed by atoms with Gasteiger partial charge in [-0.1, -0.05) is 11.6 Å². The molecule has 3 heteroatoms. The summed E-state index contributed by atoms with van der Waals surface area (Å²) >= 11 is 1.83. The van der Waals surface area contributed by atoms with Crippen molar-refractivity contribution in [2.24, 2.45) is 5.73 Å². The van der Waals surface area contributed by atoms with Crippen LogP contribution in [0.1, 0.15) is 35.1 Å². The number of unbranched alkanes of at least 4 members (excludes halogenated alkanes) is 1. The minimum Gasteiger partial charge on any atom is -0.353 e. The summed E-state index contributed by atoms with van der Waals surface area (Å²) in [6, 6.07) is 6.78. The molecular formula is C19H24N2S. The SMILES string of the molecule is Cc1cc(C)c2[nH]c(-c3sccc3C)c(CCCCN)c2c1. The highest BCUT2D eigenvalue weighted by Crippen LogP contribution is 2.37. The van der Waals surface area contributed by atoms with Crippen molar-refractivity contribution in [3.8, 4) is 10.6 Å². The minimum atomic E-state index is 0.772. The van der Waals surface area contributed by atoms with Crippen molar-refractivity contribution in [2.45, 2.75) is 40.0 Å². The van der Waals surface area contributed by atoms with Crippen molar-refractivity contribution in [1.82, 2.24) is 4.98 Å². The molecule has 0 fully saturated rings. The highest BCUT2D eigenvalue weighted by atomic mass is 32.1. The summed E-state index contributed by atoms with van der Waals surface area (Å²) in [4.78, 5) is 5.08. The van der Waals surface area contributed by atoms with Crippen LogP contribution in [0.2, 0.25) is 0 Å². The van der Waals surface area contributed by atoms with Gasteiger partial charge >= 0.3 is 0 Å². The summed E-state index contributed by atoms with van der Waals surface area (Å²) in [6.07, 6.45) is 3.32. The largest absolute Gasteiger partial charge is 0.353 e. The second-order valence-electron chi connectivity index (χ2n) is 6.16. The van der Waals surface area contributed by atoms with E-state index in [0.717, 1.165) is 25.8 Å². The van der Waals surface area contributed by atoms with Gasteiger partial charge < -0.3 is 10.7 Å². The summed E-state index contributed by atoms with van der Waals surface area (Å²) in [5, 5.41) is 3.56. The maximum atomic E-state index is 5.68. The number of rotatable bonds is 5. The van der Waals surface area contributed by atoms with Crippen LogP contribution in [0.4, 0.5) is 0 Å². The highest BCUT2D eigenvalue weighted by Gasteiger charge is 2.16. The molecule has 0 spiro atoms. The molecule has 3 N–H and O–H groups in total. The molecule has 0 atom stereocenters. The maximum Gasteiger partial charge on any atom is 0.0601 e. The van der Waals surface area contributed by atoms with Gasteiger partial charge in [-0.3, -0.25) is 0 Å². The van der Waals surface area contributed by atoms with Crippen molar-refractivity contribution >= 4 is 22.2 Å². The predicted molar refractivity (Wildman–Crippen MR) is 97.8 cm³/mol. The summed E-state index contributed by atoms with van der Waals surface area (Å²) in [5.74, 6) is 0. The molecule has 0 aliphatic rings. The first kappa shape index (κ1) is 15.3. The molecular weight excluding hydrogens is 288 g/mol. The van der Waals surface area contributed by atoms with E-state index < -0.39 is 0 Å². The molecule has 0 amide bonds. The number of benzene rings is 1. The van der Waals surface area contributed by atoms with Gasteiger partial charge in [-0.2, -0.15) is 0 Å². The van der Waals surface area contributed by atoms with E-state index in [4.69, 9.17) is 5.73 Å². The Labute approximate surface area is 136 Å². The predicted octanol–water partition coefficient (Wildman–Crippen LogP) is 5.10. The van der Waals surface area contributed by atoms with Gasteiger partial charge in [0.2, 0.25) is 0 Å². The lowest BCUT2D eigenvalue weighted by Gasteiger charge is -2.05. The van der Waals surface area contributed by atoms with Crippen molar-refractivity contribution < 1.29 is 0 Å². The fourth-order valence-corrected chi connectivity index (χ4v) is 4.19. The van der Waals surface area contributed by atoms with Gasteiger partial charge in [0.1, 0.15) is 0 Å². The molecule has 0 bridgehead atoms. The number of nitrogens with two attached hydrogens (primary N) is 1. The lowest BCUT2D eigenvalue weighted by molar-refractivity contribution is 0.748. The number of nitrogens with one attached hydrogen (secondary N) is 1. The smallest absolute Gasteiger partial charge is 0.0601 e. The van der Waals surface area contributed by atoms with Crippen molar-refractivity contribution in [2.75, 3.05) is 6.54 Å². The highest BCUT2D eigenvalue weighted by molar-refractivity contribution is 7.13. The molecule has 0 saturated carbocycles.